The van der Waals surface area contributed by atoms with Gasteiger partial charge < -0.3 is 20.6 Å². The van der Waals surface area contributed by atoms with Gasteiger partial charge in [0.2, 0.25) is 11.5 Å². The molecular formula is C9H11N5O4. The van der Waals surface area contributed by atoms with Crippen LogP contribution in [0.15, 0.2) is 28.0 Å². The lowest BCUT2D eigenvalue weighted by atomic mass is 10.4. The summed E-state index contributed by atoms with van der Waals surface area (Å²) in [6.07, 6.45) is 1.20. The first-order valence-corrected chi connectivity index (χ1v) is 4.70. The fourth-order valence-electron chi connectivity index (χ4n) is 0.999. The maximum atomic E-state index is 11.2. The highest BCUT2D eigenvalue weighted by Gasteiger charge is 2.15. The molecule has 1 aromatic heterocycles. The van der Waals surface area contributed by atoms with Gasteiger partial charge in [-0.05, 0) is 6.92 Å². The van der Waals surface area contributed by atoms with Crippen LogP contribution in [-0.2, 0) is 9.53 Å². The van der Waals surface area contributed by atoms with Crippen LogP contribution in [0.2, 0.25) is 0 Å². The zero-order chi connectivity index (χ0) is 13.7. The molecule has 0 saturated heterocycles. The molecule has 9 nitrogen and oxygen atoms in total. The second-order valence-corrected chi connectivity index (χ2v) is 3.09. The first-order valence-electron chi connectivity index (χ1n) is 4.70. The van der Waals surface area contributed by atoms with Crippen LogP contribution in [-0.4, -0.2) is 34.1 Å². The lowest BCUT2D eigenvalue weighted by Crippen LogP contribution is -2.11. The maximum Gasteiger partial charge on any atom is 0.362 e. The molecule has 0 fully saturated rings. The first-order chi connectivity index (χ1) is 8.47. The van der Waals surface area contributed by atoms with Gasteiger partial charge in [0.25, 0.3) is 5.91 Å². The van der Waals surface area contributed by atoms with Gasteiger partial charge in [0, 0.05) is 0 Å². The number of hydrogen-bond donors (Lipinski definition) is 3. The lowest BCUT2D eigenvalue weighted by molar-refractivity contribution is -0.136. The molecule has 96 valence electrons. The molecule has 1 heterocycles. The highest BCUT2D eigenvalue weighted by molar-refractivity contribution is 5.95. The third kappa shape index (κ3) is 2.90. The van der Waals surface area contributed by atoms with Crippen molar-refractivity contribution < 1.29 is 19.4 Å². The first kappa shape index (κ1) is 13.4. The molecule has 0 spiro atoms. The van der Waals surface area contributed by atoms with Crippen molar-refractivity contribution >= 4 is 17.7 Å². The van der Waals surface area contributed by atoms with Gasteiger partial charge in [-0.1, -0.05) is 0 Å². The maximum absolute atomic E-state index is 11.2. The van der Waals surface area contributed by atoms with Gasteiger partial charge in [0.05, 0.1) is 13.4 Å². The molecule has 4 N–H and O–H groups in total. The number of carbonyl (C=O) groups is 2. The molecule has 0 radical (unpaired) electrons. The van der Waals surface area contributed by atoms with Crippen LogP contribution in [0.1, 0.15) is 17.4 Å². The number of hydrogen-bond acceptors (Lipinski definition) is 7. The highest BCUT2D eigenvalue weighted by Crippen LogP contribution is 2.16. The van der Waals surface area contributed by atoms with E-state index in [9.17, 15) is 14.7 Å². The van der Waals surface area contributed by atoms with E-state index in [4.69, 9.17) is 5.73 Å². The summed E-state index contributed by atoms with van der Waals surface area (Å²) in [5, 5.41) is 16.2. The Labute approximate surface area is 101 Å². The molecule has 0 saturated carbocycles. The number of carbonyl (C=O) groups excluding carboxylic acids is 2. The molecule has 0 aliphatic carbocycles. The van der Waals surface area contributed by atoms with Gasteiger partial charge in [0.15, 0.2) is 5.69 Å². The summed E-state index contributed by atoms with van der Waals surface area (Å²) in [5.41, 5.74) is 4.60. The number of aliphatic hydroxyl groups is 1. The Morgan fingerprint density at radius 3 is 2.72 bits per heavy atom. The van der Waals surface area contributed by atoms with Crippen molar-refractivity contribution in [2.45, 2.75) is 6.92 Å². The molecule has 0 aliphatic heterocycles. The Morgan fingerprint density at radius 1 is 1.56 bits per heavy atom. The highest BCUT2D eigenvalue weighted by atomic mass is 16.5. The normalized spacial score (nSPS) is 12.3. The number of azo groups is 1. The van der Waals surface area contributed by atoms with Gasteiger partial charge in [-0.3, -0.25) is 4.79 Å². The molecule has 9 heteroatoms. The van der Waals surface area contributed by atoms with Crippen molar-refractivity contribution in [1.29, 1.82) is 0 Å². The Bertz CT molecular complexity index is 527. The molecule has 0 bridgehead atoms. The van der Waals surface area contributed by atoms with Gasteiger partial charge >= 0.3 is 5.97 Å². The summed E-state index contributed by atoms with van der Waals surface area (Å²) in [4.78, 5) is 28.3. The number of aliphatic hydroxyl groups excluding tert-OH is 1. The predicted octanol–water partition coefficient (Wildman–Crippen LogP) is 0.555. The van der Waals surface area contributed by atoms with E-state index in [1.165, 1.54) is 13.3 Å². The minimum Gasteiger partial charge on any atom is -0.510 e. The number of H-pyrrole nitrogens is 1. The van der Waals surface area contributed by atoms with Crippen molar-refractivity contribution in [3.8, 4) is 0 Å². The SMILES string of the molecule is COC(=O)/C(N=Nc1nc[nH]c1C(N)=O)=C(\C)O. The third-order valence-electron chi connectivity index (χ3n) is 1.83. The van der Waals surface area contributed by atoms with Crippen molar-refractivity contribution in [3.05, 3.63) is 23.5 Å². The van der Waals surface area contributed by atoms with Crippen LogP contribution in [0.5, 0.6) is 0 Å². The number of methoxy groups -OCH3 is 1. The molecule has 18 heavy (non-hydrogen) atoms. The van der Waals surface area contributed by atoms with Gasteiger partial charge in [-0.2, -0.15) is 0 Å². The van der Waals surface area contributed by atoms with Crippen LogP contribution in [0.25, 0.3) is 0 Å². The molecular weight excluding hydrogens is 242 g/mol. The molecule has 1 rings (SSSR count). The second-order valence-electron chi connectivity index (χ2n) is 3.09. The van der Waals surface area contributed by atoms with Crippen LogP contribution < -0.4 is 5.73 Å². The van der Waals surface area contributed by atoms with E-state index in [2.05, 4.69) is 24.9 Å². The van der Waals surface area contributed by atoms with Crippen LogP contribution in [0.3, 0.4) is 0 Å². The monoisotopic (exact) mass is 253 g/mol. The standard InChI is InChI=1S/C9H11N5O4/c1-4(15)5(9(17)18-2)13-14-8-6(7(10)16)11-3-12-8/h3,15H,1-2H3,(H2,10,16)(H,11,12)/b5-4-,14-13?. The van der Waals surface area contributed by atoms with E-state index in [0.29, 0.717) is 0 Å². The second kappa shape index (κ2) is 5.57. The van der Waals surface area contributed by atoms with E-state index < -0.39 is 17.6 Å². The minimum atomic E-state index is -0.866. The zero-order valence-corrected chi connectivity index (χ0v) is 9.67. The summed E-state index contributed by atoms with van der Waals surface area (Å²) in [6.45, 7) is 1.24. The molecule has 0 aromatic carbocycles. The summed E-state index contributed by atoms with van der Waals surface area (Å²) in [6, 6.07) is 0. The Balaban J connectivity index is 3.05. The number of nitrogens with zero attached hydrogens (tertiary/aromatic N) is 3. The minimum absolute atomic E-state index is 0.0569. The number of primary amides is 1. The van der Waals surface area contributed by atoms with Crippen LogP contribution >= 0.6 is 0 Å². The van der Waals surface area contributed by atoms with E-state index in [1.807, 2.05) is 0 Å². The molecule has 0 atom stereocenters. The van der Waals surface area contributed by atoms with Crippen LogP contribution in [0.4, 0.5) is 5.82 Å². The lowest BCUT2D eigenvalue weighted by Gasteiger charge is -1.99. The number of rotatable bonds is 4. The zero-order valence-electron chi connectivity index (χ0n) is 9.67. The van der Waals surface area contributed by atoms with Gasteiger partial charge in [-0.25, -0.2) is 9.78 Å². The van der Waals surface area contributed by atoms with E-state index >= 15 is 0 Å². The summed E-state index contributed by atoms with van der Waals surface area (Å²) < 4.78 is 4.39. The number of nitrogens with two attached hydrogens (primary N) is 1. The number of imidazole rings is 1. The molecule has 0 aliphatic rings. The Hall–Kier alpha value is -2.71. The average Bonchev–Trinajstić information content (AvgIpc) is 2.76. The topological polar surface area (TPSA) is 143 Å². The van der Waals surface area contributed by atoms with Crippen molar-refractivity contribution in [1.82, 2.24) is 9.97 Å². The molecule has 0 unspecified atom stereocenters. The van der Waals surface area contributed by atoms with Crippen molar-refractivity contribution in [3.63, 3.8) is 0 Å². The molecule has 1 amide bonds. The summed E-state index contributed by atoms with van der Waals surface area (Å²) >= 11 is 0. The number of nitrogens with one attached hydrogen (secondary N) is 1. The number of aromatic amines is 1. The predicted molar refractivity (Wildman–Crippen MR) is 59.0 cm³/mol. The summed E-state index contributed by atoms with van der Waals surface area (Å²) in [7, 11) is 1.13. The number of allylic oxidation sites excluding steroid dienone is 1. The number of ether oxygens (including phenoxy) is 1. The van der Waals surface area contributed by atoms with Crippen LogP contribution in [0, 0.1) is 0 Å². The molecule has 1 aromatic rings. The number of esters is 1. The van der Waals surface area contributed by atoms with Crippen molar-refractivity contribution in [2.75, 3.05) is 7.11 Å². The fourth-order valence-corrected chi connectivity index (χ4v) is 0.999. The average molecular weight is 253 g/mol. The summed E-state index contributed by atoms with van der Waals surface area (Å²) in [5.74, 6) is -2.10. The van der Waals surface area contributed by atoms with Crippen molar-refractivity contribution in [2.24, 2.45) is 16.0 Å². The number of aromatic nitrogens is 2. The van der Waals surface area contributed by atoms with E-state index in [1.54, 1.807) is 0 Å². The smallest absolute Gasteiger partial charge is 0.362 e. The third-order valence-corrected chi connectivity index (χ3v) is 1.83. The van der Waals surface area contributed by atoms with E-state index in [0.717, 1.165) is 7.11 Å². The largest absolute Gasteiger partial charge is 0.510 e. The van der Waals surface area contributed by atoms with E-state index in [-0.39, 0.29) is 17.3 Å². The quantitative estimate of drug-likeness (QED) is 0.311. The van der Waals surface area contributed by atoms with Gasteiger partial charge in [-0.15, -0.1) is 10.2 Å². The fraction of sp³-hybridized carbons (Fsp3) is 0.222. The van der Waals surface area contributed by atoms with Gasteiger partial charge in [0.1, 0.15) is 5.76 Å². The number of amides is 1. The Kier molecular flexibility index (Phi) is 4.13. The Morgan fingerprint density at radius 2 is 2.22 bits per heavy atom.